The van der Waals surface area contributed by atoms with Crippen molar-refractivity contribution >= 4 is 0 Å². The zero-order valence-electron chi connectivity index (χ0n) is 9.56. The van der Waals surface area contributed by atoms with Crippen LogP contribution in [0.2, 0.25) is 0 Å². The lowest BCUT2D eigenvalue weighted by Crippen LogP contribution is -2.23. The highest BCUT2D eigenvalue weighted by molar-refractivity contribution is 5.20. The fraction of sp³-hybridized carbons (Fsp3) is 0.385. The van der Waals surface area contributed by atoms with Crippen molar-refractivity contribution in [2.45, 2.75) is 13.0 Å². The van der Waals surface area contributed by atoms with E-state index in [-0.39, 0.29) is 13.2 Å². The van der Waals surface area contributed by atoms with Gasteiger partial charge in [-0.05, 0) is 19.1 Å². The Morgan fingerprint density at radius 3 is 2.62 bits per heavy atom. The van der Waals surface area contributed by atoms with E-state index in [0.717, 1.165) is 11.3 Å². The van der Waals surface area contributed by atoms with Crippen LogP contribution >= 0.6 is 0 Å². The van der Waals surface area contributed by atoms with E-state index in [2.05, 4.69) is 6.58 Å². The molecule has 0 saturated heterocycles. The monoisotopic (exact) mass is 222 g/mol. The second kappa shape index (κ2) is 7.04. The second-order valence-electron chi connectivity index (χ2n) is 3.75. The first kappa shape index (κ1) is 12.7. The molecule has 16 heavy (non-hydrogen) atoms. The zero-order valence-corrected chi connectivity index (χ0v) is 9.56. The number of para-hydroxylation sites is 1. The number of ether oxygens (including phenoxy) is 2. The van der Waals surface area contributed by atoms with Crippen molar-refractivity contribution in [3.63, 3.8) is 0 Å². The van der Waals surface area contributed by atoms with Gasteiger partial charge in [0.05, 0.1) is 13.2 Å². The molecule has 3 nitrogen and oxygen atoms in total. The number of hydrogen-bond acceptors (Lipinski definition) is 3. The number of hydrogen-bond donors (Lipinski definition) is 1. The summed E-state index contributed by atoms with van der Waals surface area (Å²) >= 11 is 0. The minimum Gasteiger partial charge on any atom is -0.491 e. The summed E-state index contributed by atoms with van der Waals surface area (Å²) in [6, 6.07) is 9.39. The summed E-state index contributed by atoms with van der Waals surface area (Å²) in [6.45, 7) is 6.56. The Morgan fingerprint density at radius 2 is 2.00 bits per heavy atom. The fourth-order valence-corrected chi connectivity index (χ4v) is 1.13. The van der Waals surface area contributed by atoms with Gasteiger partial charge in [-0.2, -0.15) is 0 Å². The summed E-state index contributed by atoms with van der Waals surface area (Å²) in [5.41, 5.74) is 0.941. The van der Waals surface area contributed by atoms with Gasteiger partial charge in [0.2, 0.25) is 0 Å². The molecule has 0 fully saturated rings. The van der Waals surface area contributed by atoms with Gasteiger partial charge in [-0.15, -0.1) is 0 Å². The molecule has 1 unspecified atom stereocenters. The van der Waals surface area contributed by atoms with Crippen molar-refractivity contribution in [2.75, 3.05) is 19.8 Å². The van der Waals surface area contributed by atoms with Gasteiger partial charge in [-0.1, -0.05) is 30.4 Å². The largest absolute Gasteiger partial charge is 0.491 e. The minimum absolute atomic E-state index is 0.236. The van der Waals surface area contributed by atoms with Crippen LogP contribution in [-0.2, 0) is 4.74 Å². The molecule has 0 bridgehead atoms. The van der Waals surface area contributed by atoms with E-state index in [1.165, 1.54) is 0 Å². The van der Waals surface area contributed by atoms with E-state index in [0.29, 0.717) is 6.61 Å². The van der Waals surface area contributed by atoms with Crippen LogP contribution in [0.15, 0.2) is 42.5 Å². The summed E-state index contributed by atoms with van der Waals surface area (Å²) in [6.07, 6.45) is -0.612. The maximum absolute atomic E-state index is 9.54. The number of aliphatic hydroxyl groups excluding tert-OH is 1. The molecule has 1 aromatic carbocycles. The predicted octanol–water partition coefficient (Wildman–Crippen LogP) is 2.02. The molecule has 1 aromatic rings. The third-order valence-electron chi connectivity index (χ3n) is 1.84. The molecule has 88 valence electrons. The third kappa shape index (κ3) is 5.53. The molecule has 0 aliphatic heterocycles. The average Bonchev–Trinajstić information content (AvgIpc) is 2.27. The Kier molecular flexibility index (Phi) is 5.61. The maximum atomic E-state index is 9.54. The van der Waals surface area contributed by atoms with Crippen molar-refractivity contribution in [1.29, 1.82) is 0 Å². The Balaban J connectivity index is 2.15. The molecule has 1 N–H and O–H groups in total. The molecule has 0 aliphatic rings. The summed E-state index contributed by atoms with van der Waals surface area (Å²) in [4.78, 5) is 0. The van der Waals surface area contributed by atoms with Crippen molar-refractivity contribution < 1.29 is 14.6 Å². The summed E-state index contributed by atoms with van der Waals surface area (Å²) in [7, 11) is 0. The highest BCUT2D eigenvalue weighted by Crippen LogP contribution is 2.08. The molecule has 1 rings (SSSR count). The SMILES string of the molecule is C=C(C)COCC(O)COc1ccccc1. The first-order chi connectivity index (χ1) is 7.68. The van der Waals surface area contributed by atoms with Crippen LogP contribution in [0.25, 0.3) is 0 Å². The normalized spacial score (nSPS) is 12.1. The van der Waals surface area contributed by atoms with E-state index in [1.807, 2.05) is 37.3 Å². The molecule has 0 aliphatic carbocycles. The van der Waals surface area contributed by atoms with E-state index < -0.39 is 6.10 Å². The van der Waals surface area contributed by atoms with Crippen molar-refractivity contribution in [2.24, 2.45) is 0 Å². The van der Waals surface area contributed by atoms with E-state index >= 15 is 0 Å². The van der Waals surface area contributed by atoms with Gasteiger partial charge in [0, 0.05) is 0 Å². The Bertz CT molecular complexity index is 308. The topological polar surface area (TPSA) is 38.7 Å². The summed E-state index contributed by atoms with van der Waals surface area (Å²) in [5, 5.41) is 9.54. The quantitative estimate of drug-likeness (QED) is 0.717. The highest BCUT2D eigenvalue weighted by atomic mass is 16.5. The van der Waals surface area contributed by atoms with Gasteiger partial charge in [0.15, 0.2) is 0 Å². The zero-order chi connectivity index (χ0) is 11.8. The van der Waals surface area contributed by atoms with Gasteiger partial charge in [-0.3, -0.25) is 0 Å². The van der Waals surface area contributed by atoms with Crippen LogP contribution in [0.5, 0.6) is 5.75 Å². The lowest BCUT2D eigenvalue weighted by Gasteiger charge is -2.12. The third-order valence-corrected chi connectivity index (χ3v) is 1.84. The van der Waals surface area contributed by atoms with Gasteiger partial charge in [-0.25, -0.2) is 0 Å². The van der Waals surface area contributed by atoms with Crippen LogP contribution in [0.3, 0.4) is 0 Å². The standard InChI is InChI=1S/C13H18O3/c1-11(2)8-15-9-12(14)10-16-13-6-4-3-5-7-13/h3-7,12,14H,1,8-10H2,2H3. The Labute approximate surface area is 96.3 Å². The maximum Gasteiger partial charge on any atom is 0.119 e. The van der Waals surface area contributed by atoms with Crippen molar-refractivity contribution in [1.82, 2.24) is 0 Å². The van der Waals surface area contributed by atoms with Gasteiger partial charge in [0.1, 0.15) is 18.5 Å². The molecular formula is C13H18O3. The average molecular weight is 222 g/mol. The van der Waals surface area contributed by atoms with Gasteiger partial charge < -0.3 is 14.6 Å². The van der Waals surface area contributed by atoms with E-state index in [1.54, 1.807) is 0 Å². The minimum atomic E-state index is -0.612. The van der Waals surface area contributed by atoms with Gasteiger partial charge >= 0.3 is 0 Å². The number of aliphatic hydroxyl groups is 1. The summed E-state index contributed by atoms with van der Waals surface area (Å²) < 4.78 is 10.6. The first-order valence-corrected chi connectivity index (χ1v) is 5.26. The molecule has 0 aromatic heterocycles. The lowest BCUT2D eigenvalue weighted by molar-refractivity contribution is 0.0195. The summed E-state index contributed by atoms with van der Waals surface area (Å²) in [5.74, 6) is 0.751. The van der Waals surface area contributed by atoms with Gasteiger partial charge in [0.25, 0.3) is 0 Å². The molecule has 3 heteroatoms. The molecule has 0 spiro atoms. The van der Waals surface area contributed by atoms with Crippen LogP contribution in [-0.4, -0.2) is 31.0 Å². The smallest absolute Gasteiger partial charge is 0.119 e. The van der Waals surface area contributed by atoms with Crippen molar-refractivity contribution in [3.05, 3.63) is 42.5 Å². The van der Waals surface area contributed by atoms with Crippen LogP contribution in [0.1, 0.15) is 6.92 Å². The Hall–Kier alpha value is -1.32. The first-order valence-electron chi connectivity index (χ1n) is 5.26. The fourth-order valence-electron chi connectivity index (χ4n) is 1.13. The molecular weight excluding hydrogens is 204 g/mol. The van der Waals surface area contributed by atoms with Crippen molar-refractivity contribution in [3.8, 4) is 5.75 Å². The Morgan fingerprint density at radius 1 is 1.31 bits per heavy atom. The lowest BCUT2D eigenvalue weighted by atomic mass is 10.3. The molecule has 0 heterocycles. The van der Waals surface area contributed by atoms with Crippen LogP contribution in [0.4, 0.5) is 0 Å². The van der Waals surface area contributed by atoms with Crippen LogP contribution < -0.4 is 4.74 Å². The van der Waals surface area contributed by atoms with E-state index in [4.69, 9.17) is 9.47 Å². The predicted molar refractivity (Wildman–Crippen MR) is 63.6 cm³/mol. The molecule has 0 saturated carbocycles. The second-order valence-corrected chi connectivity index (χ2v) is 3.75. The molecule has 0 radical (unpaired) electrons. The van der Waals surface area contributed by atoms with Crippen LogP contribution in [0, 0.1) is 0 Å². The van der Waals surface area contributed by atoms with E-state index in [9.17, 15) is 5.11 Å². The number of benzene rings is 1. The number of rotatable bonds is 7. The highest BCUT2D eigenvalue weighted by Gasteiger charge is 2.05. The molecule has 0 amide bonds. The molecule has 1 atom stereocenters.